The Labute approximate surface area is 166 Å². The Bertz CT molecular complexity index is 394. The molecule has 0 radical (unpaired) electrons. The largest absolute Gasteiger partial charge is 0.415 e. The van der Waals surface area contributed by atoms with Gasteiger partial charge in [0.05, 0.1) is 13.2 Å². The average molecular weight is 395 g/mol. The van der Waals surface area contributed by atoms with E-state index in [1.807, 2.05) is 0 Å². The van der Waals surface area contributed by atoms with E-state index in [2.05, 4.69) is 51.5 Å². The van der Waals surface area contributed by atoms with E-state index < -0.39 is 15.4 Å². The Morgan fingerprint density at radius 2 is 1.23 bits per heavy atom. The number of hydrogen-bond acceptors (Lipinski definition) is 1. The van der Waals surface area contributed by atoms with Crippen molar-refractivity contribution in [1.82, 2.24) is 0 Å². The van der Waals surface area contributed by atoms with Crippen molar-refractivity contribution in [2.75, 3.05) is 0 Å². The van der Waals surface area contributed by atoms with Gasteiger partial charge in [-0.1, -0.05) is 69.8 Å². The number of unbranched alkanes of at least 4 members (excludes halogenated alkanes) is 8. The molecule has 0 aromatic rings. The Hall–Kier alpha value is -0.126. The van der Waals surface area contributed by atoms with E-state index in [1.165, 1.54) is 89.5 Å². The summed E-state index contributed by atoms with van der Waals surface area (Å²) in [5.41, 5.74) is 0.217. The molecule has 0 aliphatic carbocycles. The Morgan fingerprint density at radius 1 is 0.769 bits per heavy atom. The minimum atomic E-state index is -1.50. The quantitative estimate of drug-likeness (QED) is 0.164. The zero-order valence-electron chi connectivity index (χ0n) is 18.4. The summed E-state index contributed by atoms with van der Waals surface area (Å²) in [7, 11) is -2.65. The molecule has 1 aliphatic rings. The molecule has 1 saturated heterocycles. The van der Waals surface area contributed by atoms with Crippen LogP contribution in [0.15, 0.2) is 25.3 Å². The highest BCUT2D eigenvalue weighted by Gasteiger charge is 2.52. The van der Waals surface area contributed by atoms with Crippen LogP contribution in [0.2, 0.25) is 32.2 Å². The lowest BCUT2D eigenvalue weighted by Crippen LogP contribution is -2.65. The molecule has 0 amide bonds. The summed E-state index contributed by atoms with van der Waals surface area (Å²) in [4.78, 5) is 0. The topological polar surface area (TPSA) is 9.23 Å². The number of hydrogen-bond donors (Lipinski definition) is 0. The van der Waals surface area contributed by atoms with E-state index in [4.69, 9.17) is 4.43 Å². The molecule has 0 spiro atoms. The summed E-state index contributed by atoms with van der Waals surface area (Å²) in [6.07, 6.45) is 21.1. The van der Waals surface area contributed by atoms with Gasteiger partial charge in [-0.3, -0.25) is 0 Å². The van der Waals surface area contributed by atoms with E-state index in [9.17, 15) is 0 Å². The van der Waals surface area contributed by atoms with E-state index >= 15 is 0 Å². The van der Waals surface area contributed by atoms with Crippen molar-refractivity contribution in [3.63, 3.8) is 0 Å². The SMILES string of the molecule is C=CCCCCCCC1(CCCCCCC=C)CC[Si](C)(C)[Si](C)(C)O1. The van der Waals surface area contributed by atoms with Crippen LogP contribution >= 0.6 is 0 Å². The summed E-state index contributed by atoms with van der Waals surface area (Å²) < 4.78 is 7.10. The maximum absolute atomic E-state index is 7.10. The monoisotopic (exact) mass is 394 g/mol. The maximum atomic E-state index is 7.10. The first-order valence-electron chi connectivity index (χ1n) is 11.2. The second kappa shape index (κ2) is 11.7. The molecule has 0 saturated carbocycles. The van der Waals surface area contributed by atoms with Gasteiger partial charge in [-0.25, -0.2) is 0 Å². The summed E-state index contributed by atoms with van der Waals surface area (Å²) >= 11 is 0. The van der Waals surface area contributed by atoms with Gasteiger partial charge in [0.25, 0.3) is 0 Å². The molecule has 3 heteroatoms. The third kappa shape index (κ3) is 7.86. The van der Waals surface area contributed by atoms with Crippen molar-refractivity contribution in [3.8, 4) is 0 Å². The van der Waals surface area contributed by atoms with Crippen molar-refractivity contribution in [1.29, 1.82) is 0 Å². The van der Waals surface area contributed by atoms with Gasteiger partial charge >= 0.3 is 0 Å². The molecule has 26 heavy (non-hydrogen) atoms. The van der Waals surface area contributed by atoms with Gasteiger partial charge in [0.15, 0.2) is 7.83 Å². The zero-order chi connectivity index (χ0) is 19.5. The van der Waals surface area contributed by atoms with Gasteiger partial charge in [-0.05, 0) is 58.0 Å². The highest BCUT2D eigenvalue weighted by molar-refractivity contribution is 7.38. The molecule has 1 aliphatic heterocycles. The number of rotatable bonds is 14. The standard InChI is InChI=1S/C23H46OSi2/c1-7-9-11-13-15-17-19-23(20-18-16-14-12-10-8-2)21-22-25(3,4)26(5,6)24-23/h7-8H,1-2,9-22H2,3-6H3. The third-order valence-corrected chi connectivity index (χ3v) is 23.4. The van der Waals surface area contributed by atoms with Crippen molar-refractivity contribution in [3.05, 3.63) is 25.3 Å². The molecule has 0 bridgehead atoms. The van der Waals surface area contributed by atoms with E-state index in [1.54, 1.807) is 0 Å². The molecule has 0 aromatic carbocycles. The fourth-order valence-electron chi connectivity index (χ4n) is 4.23. The van der Waals surface area contributed by atoms with Crippen LogP contribution < -0.4 is 0 Å². The second-order valence-corrected chi connectivity index (χ2v) is 24.8. The van der Waals surface area contributed by atoms with Crippen molar-refractivity contribution >= 4 is 15.4 Å². The summed E-state index contributed by atoms with van der Waals surface area (Å²) in [6.45, 7) is 17.9. The molecular weight excluding hydrogens is 348 g/mol. The fourth-order valence-corrected chi connectivity index (χ4v) is 11.2. The van der Waals surface area contributed by atoms with Crippen LogP contribution in [0, 0.1) is 0 Å². The lowest BCUT2D eigenvalue weighted by molar-refractivity contribution is 0.0299. The van der Waals surface area contributed by atoms with Crippen LogP contribution in [0.25, 0.3) is 0 Å². The van der Waals surface area contributed by atoms with Crippen LogP contribution in [-0.4, -0.2) is 21.0 Å². The third-order valence-electron chi connectivity index (χ3n) is 6.89. The summed E-state index contributed by atoms with van der Waals surface area (Å²) in [6, 6.07) is 1.49. The minimum Gasteiger partial charge on any atom is -0.415 e. The molecule has 1 rings (SSSR count). The van der Waals surface area contributed by atoms with Gasteiger partial charge in [0.1, 0.15) is 0 Å². The molecule has 0 N–H and O–H groups in total. The molecule has 1 heterocycles. The smallest absolute Gasteiger partial charge is 0.174 e. The van der Waals surface area contributed by atoms with Crippen LogP contribution in [-0.2, 0) is 4.43 Å². The summed E-state index contributed by atoms with van der Waals surface area (Å²) in [5.74, 6) is 0. The molecule has 1 fully saturated rings. The molecule has 0 aromatic heterocycles. The van der Waals surface area contributed by atoms with E-state index in [0.29, 0.717) is 0 Å². The molecule has 0 atom stereocenters. The van der Waals surface area contributed by atoms with Gasteiger partial charge < -0.3 is 4.43 Å². The fraction of sp³-hybridized carbons (Fsp3) is 0.826. The predicted molar refractivity (Wildman–Crippen MR) is 124 cm³/mol. The van der Waals surface area contributed by atoms with Crippen LogP contribution in [0.3, 0.4) is 0 Å². The normalized spacial score (nSPS) is 20.6. The van der Waals surface area contributed by atoms with Gasteiger partial charge in [-0.15, -0.1) is 13.2 Å². The van der Waals surface area contributed by atoms with Crippen molar-refractivity contribution in [2.45, 2.75) is 121 Å². The highest BCUT2D eigenvalue weighted by atomic mass is 29.3. The van der Waals surface area contributed by atoms with E-state index in [-0.39, 0.29) is 5.60 Å². The van der Waals surface area contributed by atoms with Gasteiger partial charge in [-0.2, -0.15) is 0 Å². The maximum Gasteiger partial charge on any atom is 0.174 e. The zero-order valence-corrected chi connectivity index (χ0v) is 20.4. The van der Waals surface area contributed by atoms with Crippen LogP contribution in [0.4, 0.5) is 0 Å². The minimum absolute atomic E-state index is 0.217. The predicted octanol–water partition coefficient (Wildman–Crippen LogP) is 8.19. The lowest BCUT2D eigenvalue weighted by Gasteiger charge is -2.52. The van der Waals surface area contributed by atoms with E-state index in [0.717, 1.165) is 0 Å². The molecule has 1 nitrogen and oxygen atoms in total. The second-order valence-electron chi connectivity index (χ2n) is 9.66. The average Bonchev–Trinajstić information content (AvgIpc) is 2.58. The Balaban J connectivity index is 2.55. The van der Waals surface area contributed by atoms with Crippen molar-refractivity contribution < 1.29 is 4.43 Å². The highest BCUT2D eigenvalue weighted by Crippen LogP contribution is 2.44. The Kier molecular flexibility index (Phi) is 10.7. The van der Waals surface area contributed by atoms with Crippen LogP contribution in [0.5, 0.6) is 0 Å². The van der Waals surface area contributed by atoms with Gasteiger partial charge in [0.2, 0.25) is 0 Å². The molecule has 152 valence electrons. The summed E-state index contributed by atoms with van der Waals surface area (Å²) in [5, 5.41) is 0. The molecule has 0 unspecified atom stereocenters. The molecular formula is C23H46OSi2. The Morgan fingerprint density at radius 3 is 1.65 bits per heavy atom. The van der Waals surface area contributed by atoms with Crippen LogP contribution in [0.1, 0.15) is 83.5 Å². The first-order valence-corrected chi connectivity index (χ1v) is 18.3. The first kappa shape index (κ1) is 23.9. The first-order chi connectivity index (χ1) is 12.3. The number of allylic oxidation sites excluding steroid dienone is 2. The lowest BCUT2D eigenvalue weighted by atomic mass is 9.87. The van der Waals surface area contributed by atoms with Gasteiger partial charge in [0, 0.05) is 0 Å². The van der Waals surface area contributed by atoms with Crippen molar-refractivity contribution in [2.24, 2.45) is 0 Å².